The maximum Gasteiger partial charge on any atom is 0.353 e. The number of ether oxygens (including phenoxy) is 1. The minimum atomic E-state index is -0.403. The van der Waals surface area contributed by atoms with E-state index in [2.05, 4.69) is 27.1 Å². The summed E-state index contributed by atoms with van der Waals surface area (Å²) in [6.45, 7) is 7.50. The first-order chi connectivity index (χ1) is 11.2. The van der Waals surface area contributed by atoms with Crippen LogP contribution in [0.15, 0.2) is 6.33 Å². The Morgan fingerprint density at radius 3 is 2.70 bits per heavy atom. The average Bonchev–Trinajstić information content (AvgIpc) is 2.58. The van der Waals surface area contributed by atoms with Gasteiger partial charge in [0.05, 0.1) is 4.92 Å². The molecular weight excluding hydrogens is 300 g/mol. The minimum absolute atomic E-state index is 0.0464. The lowest BCUT2D eigenvalue weighted by Crippen LogP contribution is -2.46. The van der Waals surface area contributed by atoms with Crippen LogP contribution in [-0.2, 0) is 4.74 Å². The van der Waals surface area contributed by atoms with Crippen LogP contribution in [0.1, 0.15) is 13.3 Å². The van der Waals surface area contributed by atoms with E-state index < -0.39 is 4.92 Å². The molecule has 0 saturated carbocycles. The van der Waals surface area contributed by atoms with E-state index in [1.54, 1.807) is 7.11 Å². The van der Waals surface area contributed by atoms with Crippen LogP contribution in [-0.4, -0.2) is 72.8 Å². The zero-order valence-electron chi connectivity index (χ0n) is 13.7. The fraction of sp³-hybridized carbons (Fsp3) is 0.714. The summed E-state index contributed by atoms with van der Waals surface area (Å²) in [5.41, 5.74) is -0.0464. The van der Waals surface area contributed by atoms with Crippen molar-refractivity contribution in [2.45, 2.75) is 13.3 Å². The highest BCUT2D eigenvalue weighted by molar-refractivity contribution is 5.70. The number of nitrogens with zero attached hydrogens (tertiary/aromatic N) is 5. The molecule has 1 aromatic heterocycles. The number of methoxy groups -OCH3 is 1. The van der Waals surface area contributed by atoms with Gasteiger partial charge in [0.2, 0.25) is 11.6 Å². The number of aromatic nitrogens is 2. The summed E-state index contributed by atoms with van der Waals surface area (Å²) in [6, 6.07) is 0. The maximum absolute atomic E-state index is 11.5. The molecule has 9 nitrogen and oxygen atoms in total. The van der Waals surface area contributed by atoms with Crippen molar-refractivity contribution in [1.82, 2.24) is 14.9 Å². The SMILES string of the molecule is CCN1CCN(c2ncnc(NCCCOC)c2[N+](=O)[O-])CC1. The number of piperazine rings is 1. The van der Waals surface area contributed by atoms with Crippen molar-refractivity contribution in [3.8, 4) is 0 Å². The minimum Gasteiger partial charge on any atom is -0.385 e. The van der Waals surface area contributed by atoms with E-state index in [1.165, 1.54) is 6.33 Å². The van der Waals surface area contributed by atoms with Crippen LogP contribution < -0.4 is 10.2 Å². The van der Waals surface area contributed by atoms with Gasteiger partial charge in [0.1, 0.15) is 6.33 Å². The third-order valence-electron chi connectivity index (χ3n) is 3.92. The number of likely N-dealkylation sites (N-methyl/N-ethyl adjacent to an activating group) is 1. The van der Waals surface area contributed by atoms with Crippen LogP contribution in [0.25, 0.3) is 0 Å². The Morgan fingerprint density at radius 1 is 1.35 bits per heavy atom. The van der Waals surface area contributed by atoms with Gasteiger partial charge in [-0.2, -0.15) is 0 Å². The lowest BCUT2D eigenvalue weighted by molar-refractivity contribution is -0.383. The summed E-state index contributed by atoms with van der Waals surface area (Å²) < 4.78 is 4.98. The number of anilines is 2. The second kappa shape index (κ2) is 8.59. The van der Waals surface area contributed by atoms with Crippen LogP contribution in [0.5, 0.6) is 0 Å². The van der Waals surface area contributed by atoms with E-state index >= 15 is 0 Å². The average molecular weight is 324 g/mol. The molecule has 9 heteroatoms. The molecule has 0 aliphatic carbocycles. The van der Waals surface area contributed by atoms with Gasteiger partial charge in [-0.25, -0.2) is 9.97 Å². The molecular formula is C14H24N6O3. The molecule has 1 aromatic rings. The molecule has 1 N–H and O–H groups in total. The summed E-state index contributed by atoms with van der Waals surface area (Å²) in [6.07, 6.45) is 2.13. The van der Waals surface area contributed by atoms with E-state index in [1.807, 2.05) is 4.90 Å². The number of hydrogen-bond donors (Lipinski definition) is 1. The van der Waals surface area contributed by atoms with E-state index in [4.69, 9.17) is 4.74 Å². The molecule has 0 unspecified atom stereocenters. The van der Waals surface area contributed by atoms with E-state index in [0.29, 0.717) is 19.0 Å². The highest BCUT2D eigenvalue weighted by atomic mass is 16.6. The Hall–Kier alpha value is -2.00. The predicted octanol–water partition coefficient (Wildman–Crippen LogP) is 0.975. The van der Waals surface area contributed by atoms with Gasteiger partial charge in [0.15, 0.2) is 0 Å². The molecule has 1 saturated heterocycles. The Bertz CT molecular complexity index is 519. The number of rotatable bonds is 8. The summed E-state index contributed by atoms with van der Waals surface area (Å²) in [4.78, 5) is 23.6. The highest BCUT2D eigenvalue weighted by Gasteiger charge is 2.28. The van der Waals surface area contributed by atoms with E-state index in [0.717, 1.165) is 39.1 Å². The molecule has 23 heavy (non-hydrogen) atoms. The van der Waals surface area contributed by atoms with Crippen LogP contribution in [0.2, 0.25) is 0 Å². The van der Waals surface area contributed by atoms with Gasteiger partial charge in [-0.3, -0.25) is 10.1 Å². The van der Waals surface area contributed by atoms with Gasteiger partial charge in [-0.1, -0.05) is 6.92 Å². The maximum atomic E-state index is 11.5. The third-order valence-corrected chi connectivity index (χ3v) is 3.92. The molecule has 0 radical (unpaired) electrons. The van der Waals surface area contributed by atoms with Crippen LogP contribution >= 0.6 is 0 Å². The smallest absolute Gasteiger partial charge is 0.353 e. The molecule has 1 fully saturated rings. The highest BCUT2D eigenvalue weighted by Crippen LogP contribution is 2.32. The van der Waals surface area contributed by atoms with Gasteiger partial charge in [0, 0.05) is 46.4 Å². The summed E-state index contributed by atoms with van der Waals surface area (Å²) in [7, 11) is 1.63. The summed E-state index contributed by atoms with van der Waals surface area (Å²) >= 11 is 0. The monoisotopic (exact) mass is 324 g/mol. The van der Waals surface area contributed by atoms with Crippen molar-refractivity contribution < 1.29 is 9.66 Å². The molecule has 128 valence electrons. The lowest BCUT2D eigenvalue weighted by Gasteiger charge is -2.34. The fourth-order valence-electron chi connectivity index (χ4n) is 2.60. The van der Waals surface area contributed by atoms with Gasteiger partial charge in [-0.05, 0) is 13.0 Å². The van der Waals surface area contributed by atoms with Crippen molar-refractivity contribution in [1.29, 1.82) is 0 Å². The molecule has 0 spiro atoms. The zero-order chi connectivity index (χ0) is 16.7. The quantitative estimate of drug-likeness (QED) is 0.429. The Kier molecular flexibility index (Phi) is 6.48. The first kappa shape index (κ1) is 17.4. The summed E-state index contributed by atoms with van der Waals surface area (Å²) in [5, 5.41) is 14.5. The van der Waals surface area contributed by atoms with E-state index in [-0.39, 0.29) is 11.5 Å². The normalized spacial score (nSPS) is 15.7. The van der Waals surface area contributed by atoms with Crippen molar-refractivity contribution in [3.63, 3.8) is 0 Å². The largest absolute Gasteiger partial charge is 0.385 e. The van der Waals surface area contributed by atoms with Crippen molar-refractivity contribution in [2.24, 2.45) is 0 Å². The molecule has 0 atom stereocenters. The Labute approximate surface area is 135 Å². The molecule has 0 aromatic carbocycles. The molecule has 1 aliphatic heterocycles. The number of nitro groups is 1. The van der Waals surface area contributed by atoms with Gasteiger partial charge >= 0.3 is 5.69 Å². The standard InChI is InChI=1S/C14H24N6O3/c1-3-18-6-8-19(9-7-18)14-12(20(21)22)13(16-11-17-14)15-5-4-10-23-2/h11H,3-10H2,1-2H3,(H,15,16,17). The second-order valence-electron chi connectivity index (χ2n) is 5.35. The topological polar surface area (TPSA) is 96.7 Å². The third kappa shape index (κ3) is 4.49. The predicted molar refractivity (Wildman–Crippen MR) is 88.0 cm³/mol. The first-order valence-electron chi connectivity index (χ1n) is 7.86. The first-order valence-corrected chi connectivity index (χ1v) is 7.86. The van der Waals surface area contributed by atoms with Gasteiger partial charge < -0.3 is 19.9 Å². The summed E-state index contributed by atoms with van der Waals surface area (Å²) in [5.74, 6) is 0.670. The van der Waals surface area contributed by atoms with Crippen LogP contribution in [0, 0.1) is 10.1 Å². The van der Waals surface area contributed by atoms with Crippen LogP contribution in [0.3, 0.4) is 0 Å². The second-order valence-corrected chi connectivity index (χ2v) is 5.35. The number of nitrogens with one attached hydrogen (secondary N) is 1. The molecule has 0 bridgehead atoms. The van der Waals surface area contributed by atoms with Gasteiger partial charge in [0.25, 0.3) is 0 Å². The van der Waals surface area contributed by atoms with Gasteiger partial charge in [-0.15, -0.1) is 0 Å². The van der Waals surface area contributed by atoms with Crippen molar-refractivity contribution >= 4 is 17.3 Å². The van der Waals surface area contributed by atoms with Crippen molar-refractivity contribution in [3.05, 3.63) is 16.4 Å². The Balaban J connectivity index is 2.14. The van der Waals surface area contributed by atoms with Crippen LogP contribution in [0.4, 0.5) is 17.3 Å². The molecule has 2 rings (SSSR count). The fourth-order valence-corrected chi connectivity index (χ4v) is 2.60. The molecule has 2 heterocycles. The van der Waals surface area contributed by atoms with Crippen molar-refractivity contribution in [2.75, 3.05) is 63.2 Å². The zero-order valence-corrected chi connectivity index (χ0v) is 13.7. The van der Waals surface area contributed by atoms with E-state index in [9.17, 15) is 10.1 Å². The number of hydrogen-bond acceptors (Lipinski definition) is 8. The molecule has 1 aliphatic rings. The lowest BCUT2D eigenvalue weighted by atomic mass is 10.3. The molecule has 0 amide bonds. The Morgan fingerprint density at radius 2 is 2.09 bits per heavy atom.